The van der Waals surface area contributed by atoms with Crippen molar-refractivity contribution in [1.29, 1.82) is 0 Å². The molecule has 4 heteroatoms. The third-order valence-corrected chi connectivity index (χ3v) is 6.54. The lowest BCUT2D eigenvalue weighted by Gasteiger charge is -2.42. The Kier molecular flexibility index (Phi) is 7.12. The summed E-state index contributed by atoms with van der Waals surface area (Å²) in [5, 5.41) is 0. The van der Waals surface area contributed by atoms with E-state index in [4.69, 9.17) is 0 Å². The van der Waals surface area contributed by atoms with E-state index in [2.05, 4.69) is 76.2 Å². The number of likely N-dealkylation sites (tertiary alicyclic amines) is 1. The maximum atomic E-state index is 13.4. The Bertz CT molecular complexity index is 963. The molecule has 0 unspecified atom stereocenters. The highest BCUT2D eigenvalue weighted by atomic mass is 16.2. The minimum atomic E-state index is -0.466. The standard InChI is InChI=1S/C28H38N2O2/c1-21-10-7-8-13-24(21)23-12-9-11-22(18-23)19-28(26(32)29(5)6)14-16-30(17-15-28)25(31)20-27(2,3)4/h7-13,18H,14-17,19-20H2,1-6H3. The van der Waals surface area contributed by atoms with Gasteiger partial charge in [0.25, 0.3) is 0 Å². The molecule has 1 fully saturated rings. The van der Waals surface area contributed by atoms with Crippen LogP contribution in [0.15, 0.2) is 48.5 Å². The van der Waals surface area contributed by atoms with Crippen molar-refractivity contribution in [3.63, 3.8) is 0 Å². The van der Waals surface area contributed by atoms with Crippen LogP contribution < -0.4 is 0 Å². The molecule has 3 rings (SSSR count). The van der Waals surface area contributed by atoms with Gasteiger partial charge < -0.3 is 9.80 Å². The molecule has 172 valence electrons. The number of amides is 2. The maximum Gasteiger partial charge on any atom is 0.228 e. The Morgan fingerprint density at radius 1 is 1.00 bits per heavy atom. The van der Waals surface area contributed by atoms with E-state index in [9.17, 15) is 9.59 Å². The average molecular weight is 435 g/mol. The third-order valence-electron chi connectivity index (χ3n) is 6.54. The van der Waals surface area contributed by atoms with E-state index in [-0.39, 0.29) is 17.2 Å². The van der Waals surface area contributed by atoms with Gasteiger partial charge in [-0.3, -0.25) is 9.59 Å². The molecular weight excluding hydrogens is 396 g/mol. The number of nitrogens with zero attached hydrogens (tertiary/aromatic N) is 2. The van der Waals surface area contributed by atoms with Gasteiger partial charge in [-0.05, 0) is 53.9 Å². The number of aryl methyl sites for hydroxylation is 1. The van der Waals surface area contributed by atoms with Crippen molar-refractivity contribution in [2.24, 2.45) is 10.8 Å². The monoisotopic (exact) mass is 434 g/mol. The molecule has 1 aliphatic rings. The molecular formula is C28H38N2O2. The van der Waals surface area contributed by atoms with E-state index in [0.717, 1.165) is 0 Å². The second-order valence-electron chi connectivity index (χ2n) is 10.8. The summed E-state index contributed by atoms with van der Waals surface area (Å²) in [6.45, 7) is 9.70. The van der Waals surface area contributed by atoms with Gasteiger partial charge in [0, 0.05) is 33.6 Å². The minimum absolute atomic E-state index is 0.0267. The van der Waals surface area contributed by atoms with E-state index in [1.807, 2.05) is 19.0 Å². The molecule has 2 aromatic carbocycles. The van der Waals surface area contributed by atoms with E-state index in [1.165, 1.54) is 22.3 Å². The number of carbonyl (C=O) groups is 2. The molecule has 1 heterocycles. The molecule has 0 radical (unpaired) electrons. The lowest BCUT2D eigenvalue weighted by molar-refractivity contribution is -0.146. The van der Waals surface area contributed by atoms with Crippen LogP contribution in [-0.4, -0.2) is 48.8 Å². The first-order valence-corrected chi connectivity index (χ1v) is 11.7. The molecule has 32 heavy (non-hydrogen) atoms. The first kappa shape index (κ1) is 24.0. The summed E-state index contributed by atoms with van der Waals surface area (Å²) in [5.74, 6) is 0.367. The van der Waals surface area contributed by atoms with Crippen LogP contribution in [-0.2, 0) is 16.0 Å². The first-order valence-electron chi connectivity index (χ1n) is 11.7. The molecule has 0 aromatic heterocycles. The van der Waals surface area contributed by atoms with Gasteiger partial charge in [-0.1, -0.05) is 69.3 Å². The van der Waals surface area contributed by atoms with Crippen molar-refractivity contribution in [3.05, 3.63) is 59.7 Å². The predicted octanol–water partition coefficient (Wildman–Crippen LogP) is 5.34. The highest BCUT2D eigenvalue weighted by Crippen LogP contribution is 2.38. The number of carbonyl (C=O) groups excluding carboxylic acids is 2. The third kappa shape index (κ3) is 5.59. The van der Waals surface area contributed by atoms with Gasteiger partial charge in [-0.2, -0.15) is 0 Å². The Hall–Kier alpha value is -2.62. The van der Waals surface area contributed by atoms with Crippen molar-refractivity contribution in [2.45, 2.75) is 53.4 Å². The highest BCUT2D eigenvalue weighted by Gasteiger charge is 2.43. The van der Waals surface area contributed by atoms with Gasteiger partial charge in [0.2, 0.25) is 11.8 Å². The van der Waals surface area contributed by atoms with Crippen LogP contribution in [0.25, 0.3) is 11.1 Å². The first-order chi connectivity index (χ1) is 15.0. The zero-order valence-electron chi connectivity index (χ0n) is 20.6. The van der Waals surface area contributed by atoms with Crippen molar-refractivity contribution in [2.75, 3.05) is 27.2 Å². The van der Waals surface area contributed by atoms with Crippen LogP contribution in [0, 0.1) is 17.8 Å². The Morgan fingerprint density at radius 2 is 1.66 bits per heavy atom. The smallest absolute Gasteiger partial charge is 0.228 e. The summed E-state index contributed by atoms with van der Waals surface area (Å²) in [4.78, 5) is 29.8. The van der Waals surface area contributed by atoms with Gasteiger partial charge in [-0.25, -0.2) is 0 Å². The zero-order valence-corrected chi connectivity index (χ0v) is 20.6. The van der Waals surface area contributed by atoms with E-state index < -0.39 is 5.41 Å². The average Bonchev–Trinajstić information content (AvgIpc) is 2.73. The molecule has 0 N–H and O–H groups in total. The summed E-state index contributed by atoms with van der Waals surface area (Å²) < 4.78 is 0. The predicted molar refractivity (Wildman–Crippen MR) is 131 cm³/mol. The molecule has 4 nitrogen and oxygen atoms in total. The van der Waals surface area contributed by atoms with Crippen molar-refractivity contribution >= 4 is 11.8 Å². The molecule has 2 aromatic rings. The number of rotatable bonds is 5. The summed E-state index contributed by atoms with van der Waals surface area (Å²) in [5.41, 5.74) is 4.34. The normalized spacial score (nSPS) is 16.0. The Balaban J connectivity index is 1.83. The molecule has 1 aliphatic heterocycles. The van der Waals surface area contributed by atoms with Crippen molar-refractivity contribution in [1.82, 2.24) is 9.80 Å². The maximum absolute atomic E-state index is 13.4. The fourth-order valence-electron chi connectivity index (χ4n) is 4.83. The number of hydrogen-bond acceptors (Lipinski definition) is 2. The van der Waals surface area contributed by atoms with Crippen LogP contribution in [0.4, 0.5) is 0 Å². The van der Waals surface area contributed by atoms with Gasteiger partial charge in [0.05, 0.1) is 5.41 Å². The van der Waals surface area contributed by atoms with E-state index in [1.54, 1.807) is 4.90 Å². The molecule has 0 bridgehead atoms. The molecule has 0 aliphatic carbocycles. The minimum Gasteiger partial charge on any atom is -0.348 e. The van der Waals surface area contributed by atoms with Crippen molar-refractivity contribution in [3.8, 4) is 11.1 Å². The van der Waals surface area contributed by atoms with Crippen LogP contribution in [0.3, 0.4) is 0 Å². The van der Waals surface area contributed by atoms with Gasteiger partial charge in [0.15, 0.2) is 0 Å². The number of piperidine rings is 1. The fraction of sp³-hybridized carbons (Fsp3) is 0.500. The zero-order chi connectivity index (χ0) is 23.5. The molecule has 0 saturated carbocycles. The van der Waals surface area contributed by atoms with Gasteiger partial charge in [-0.15, -0.1) is 0 Å². The second-order valence-corrected chi connectivity index (χ2v) is 10.8. The summed E-state index contributed by atoms with van der Waals surface area (Å²) in [6, 6.07) is 17.0. The molecule has 1 saturated heterocycles. The van der Waals surface area contributed by atoms with Gasteiger partial charge >= 0.3 is 0 Å². The molecule has 0 atom stereocenters. The van der Waals surface area contributed by atoms with Crippen LogP contribution in [0.5, 0.6) is 0 Å². The Morgan fingerprint density at radius 3 is 2.25 bits per heavy atom. The number of benzene rings is 2. The summed E-state index contributed by atoms with van der Waals surface area (Å²) in [7, 11) is 3.68. The lowest BCUT2D eigenvalue weighted by Crippen LogP contribution is -2.51. The van der Waals surface area contributed by atoms with E-state index >= 15 is 0 Å². The van der Waals surface area contributed by atoms with Crippen molar-refractivity contribution < 1.29 is 9.59 Å². The van der Waals surface area contributed by atoms with Crippen LogP contribution >= 0.6 is 0 Å². The highest BCUT2D eigenvalue weighted by molar-refractivity contribution is 5.84. The largest absolute Gasteiger partial charge is 0.348 e. The van der Waals surface area contributed by atoms with Crippen LogP contribution in [0.1, 0.15) is 51.2 Å². The SMILES string of the molecule is Cc1ccccc1-c1cccc(CC2(C(=O)N(C)C)CCN(C(=O)CC(C)(C)C)CC2)c1. The number of hydrogen-bond donors (Lipinski definition) is 0. The molecule has 0 spiro atoms. The topological polar surface area (TPSA) is 40.6 Å². The van der Waals surface area contributed by atoms with Crippen LogP contribution in [0.2, 0.25) is 0 Å². The van der Waals surface area contributed by atoms with E-state index in [0.29, 0.717) is 38.8 Å². The second kappa shape index (κ2) is 9.48. The Labute approximate surface area is 193 Å². The summed E-state index contributed by atoms with van der Waals surface area (Å²) >= 11 is 0. The quantitative estimate of drug-likeness (QED) is 0.637. The lowest BCUT2D eigenvalue weighted by atomic mass is 9.72. The van der Waals surface area contributed by atoms with Gasteiger partial charge in [0.1, 0.15) is 0 Å². The molecule has 2 amide bonds. The summed E-state index contributed by atoms with van der Waals surface area (Å²) in [6.07, 6.45) is 2.65. The fourth-order valence-corrected chi connectivity index (χ4v) is 4.83.